The molecule has 0 saturated heterocycles. The molecule has 3 heterocycles. The van der Waals surface area contributed by atoms with Crippen LogP contribution in [0.25, 0.3) is 11.0 Å². The maximum atomic E-state index is 13.6. The van der Waals surface area contributed by atoms with Gasteiger partial charge in [0.05, 0.1) is 30.0 Å². The van der Waals surface area contributed by atoms with Crippen LogP contribution in [0.1, 0.15) is 64.4 Å². The molecule has 8 nitrogen and oxygen atoms in total. The molecule has 0 atom stereocenters. The smallest absolute Gasteiger partial charge is 0.196 e. The minimum Gasteiger partial charge on any atom is -0.414 e. The van der Waals surface area contributed by atoms with Gasteiger partial charge in [-0.2, -0.15) is 0 Å². The minimum absolute atomic E-state index is 0.0521. The van der Waals surface area contributed by atoms with Gasteiger partial charge in [-0.3, -0.25) is 9.78 Å². The summed E-state index contributed by atoms with van der Waals surface area (Å²) in [5.74, 6) is -0.179. The Bertz CT molecular complexity index is 1280. The van der Waals surface area contributed by atoms with E-state index < -0.39 is 22.2 Å². The summed E-state index contributed by atoms with van der Waals surface area (Å²) >= 11 is 0. The molecule has 0 bridgehead atoms. The molecular formula is C28H45N5O3Si2. The van der Waals surface area contributed by atoms with Crippen molar-refractivity contribution in [3.05, 3.63) is 48.3 Å². The standard InChI is InChI=1S/C28H45N5O3Si2/c1-26(2,3)37(8,9)35-17-28(7,18-36-38(10,11)27(4,5)6)33-16-23(22-15-31-19-32-25(22)33)24(34)20-12-21(29)14-30-13-20/h12-16,19H,17-18,29H2,1-11H3. The Hall–Kier alpha value is -2.41. The predicted molar refractivity (Wildman–Crippen MR) is 160 cm³/mol. The van der Waals surface area contributed by atoms with Crippen molar-refractivity contribution in [2.24, 2.45) is 0 Å². The maximum Gasteiger partial charge on any atom is 0.196 e. The summed E-state index contributed by atoms with van der Waals surface area (Å²) in [7, 11) is -4.16. The van der Waals surface area contributed by atoms with Crippen molar-refractivity contribution in [2.75, 3.05) is 18.9 Å². The van der Waals surface area contributed by atoms with Gasteiger partial charge in [-0.15, -0.1) is 0 Å². The van der Waals surface area contributed by atoms with E-state index in [-0.39, 0.29) is 15.9 Å². The van der Waals surface area contributed by atoms with Gasteiger partial charge < -0.3 is 19.2 Å². The second-order valence-electron chi connectivity index (χ2n) is 13.6. The zero-order valence-corrected chi connectivity index (χ0v) is 27.0. The number of hydrogen-bond donors (Lipinski definition) is 1. The van der Waals surface area contributed by atoms with E-state index in [2.05, 4.69) is 94.2 Å². The Balaban J connectivity index is 2.14. The van der Waals surface area contributed by atoms with Crippen LogP contribution in [0, 0.1) is 0 Å². The Kier molecular flexibility index (Phi) is 8.16. The number of nitrogen functional groups attached to an aromatic ring is 1. The molecule has 0 unspecified atom stereocenters. The Labute approximate surface area is 229 Å². The van der Waals surface area contributed by atoms with E-state index in [1.165, 1.54) is 18.7 Å². The Morgan fingerprint density at radius 1 is 0.895 bits per heavy atom. The number of fused-ring (bicyclic) bond motifs is 1. The number of nitrogens with two attached hydrogens (primary N) is 1. The van der Waals surface area contributed by atoms with Crippen LogP contribution in [0.2, 0.25) is 36.3 Å². The number of nitrogens with zero attached hydrogens (tertiary/aromatic N) is 4. The molecule has 0 aliphatic rings. The lowest BCUT2D eigenvalue weighted by atomic mass is 10.0. The summed E-state index contributed by atoms with van der Waals surface area (Å²) in [4.78, 5) is 26.6. The first-order valence-corrected chi connectivity index (χ1v) is 19.0. The monoisotopic (exact) mass is 555 g/mol. The second-order valence-corrected chi connectivity index (χ2v) is 23.2. The zero-order chi connectivity index (χ0) is 28.7. The van der Waals surface area contributed by atoms with Crippen LogP contribution in [0.3, 0.4) is 0 Å². The average Bonchev–Trinajstić information content (AvgIpc) is 3.20. The maximum absolute atomic E-state index is 13.6. The summed E-state index contributed by atoms with van der Waals surface area (Å²) in [6, 6.07) is 1.64. The summed E-state index contributed by atoms with van der Waals surface area (Å²) in [6.45, 7) is 25.4. The lowest BCUT2D eigenvalue weighted by Gasteiger charge is -2.43. The molecule has 0 amide bonds. The number of aromatic nitrogens is 4. The Morgan fingerprint density at radius 2 is 1.45 bits per heavy atom. The molecule has 0 spiro atoms. The highest BCUT2D eigenvalue weighted by molar-refractivity contribution is 6.74. The molecular weight excluding hydrogens is 511 g/mol. The third kappa shape index (κ3) is 6.08. The molecule has 0 saturated carbocycles. The SMILES string of the molecule is CC(CO[Si](C)(C)C(C)(C)C)(CO[Si](C)(C)C(C)(C)C)n1cc(C(=O)c2cncc(N)c2)c2cncnc21. The largest absolute Gasteiger partial charge is 0.414 e. The van der Waals surface area contributed by atoms with Crippen LogP contribution in [0.4, 0.5) is 5.69 Å². The molecule has 2 N–H and O–H groups in total. The van der Waals surface area contributed by atoms with Crippen molar-refractivity contribution < 1.29 is 13.6 Å². The molecule has 0 fully saturated rings. The lowest BCUT2D eigenvalue weighted by molar-refractivity contribution is 0.0895. The molecule has 0 aliphatic carbocycles. The highest BCUT2D eigenvalue weighted by atomic mass is 28.4. The van der Waals surface area contributed by atoms with E-state index in [4.69, 9.17) is 14.6 Å². The highest BCUT2D eigenvalue weighted by Crippen LogP contribution is 2.40. The van der Waals surface area contributed by atoms with Crippen LogP contribution in [-0.4, -0.2) is 55.2 Å². The van der Waals surface area contributed by atoms with Crippen LogP contribution in [0.15, 0.2) is 37.2 Å². The van der Waals surface area contributed by atoms with Gasteiger partial charge in [0, 0.05) is 35.7 Å². The minimum atomic E-state index is -2.08. The number of anilines is 1. The summed E-state index contributed by atoms with van der Waals surface area (Å²) in [5.41, 5.74) is 7.32. The molecule has 10 heteroatoms. The number of rotatable bonds is 9. The fraction of sp³-hybridized carbons (Fsp3) is 0.571. The van der Waals surface area contributed by atoms with E-state index in [9.17, 15) is 4.79 Å². The van der Waals surface area contributed by atoms with Crippen LogP contribution in [0.5, 0.6) is 0 Å². The van der Waals surface area contributed by atoms with E-state index in [0.717, 1.165) is 0 Å². The molecule has 0 radical (unpaired) electrons. The zero-order valence-electron chi connectivity index (χ0n) is 25.0. The van der Waals surface area contributed by atoms with Crippen molar-refractivity contribution in [3.63, 3.8) is 0 Å². The van der Waals surface area contributed by atoms with Gasteiger partial charge in [-0.05, 0) is 49.3 Å². The van der Waals surface area contributed by atoms with Crippen molar-refractivity contribution in [1.82, 2.24) is 19.5 Å². The van der Waals surface area contributed by atoms with Gasteiger partial charge in [0.1, 0.15) is 12.0 Å². The van der Waals surface area contributed by atoms with Gasteiger partial charge >= 0.3 is 0 Å². The summed E-state index contributed by atoms with van der Waals surface area (Å²) in [5, 5.41) is 0.776. The second kappa shape index (κ2) is 10.3. The van der Waals surface area contributed by atoms with Gasteiger partial charge in [-0.1, -0.05) is 41.5 Å². The van der Waals surface area contributed by atoms with Gasteiger partial charge in [-0.25, -0.2) is 9.97 Å². The number of ketones is 1. The summed E-state index contributed by atoms with van der Waals surface area (Å²) < 4.78 is 15.6. The highest BCUT2D eigenvalue weighted by Gasteiger charge is 2.43. The van der Waals surface area contributed by atoms with Crippen molar-refractivity contribution in [1.29, 1.82) is 0 Å². The molecule has 38 heavy (non-hydrogen) atoms. The van der Waals surface area contributed by atoms with Gasteiger partial charge in [0.2, 0.25) is 0 Å². The quantitative estimate of drug-likeness (QED) is 0.241. The molecule has 3 aromatic rings. The van der Waals surface area contributed by atoms with E-state index in [0.29, 0.717) is 41.1 Å². The molecule has 3 rings (SSSR count). The first-order valence-electron chi connectivity index (χ1n) is 13.1. The Morgan fingerprint density at radius 3 is 1.95 bits per heavy atom. The first-order chi connectivity index (χ1) is 17.3. The molecule has 3 aromatic heterocycles. The first kappa shape index (κ1) is 30.1. The number of hydrogen-bond acceptors (Lipinski definition) is 7. The number of pyridine rings is 1. The molecule has 208 valence electrons. The van der Waals surface area contributed by atoms with E-state index >= 15 is 0 Å². The van der Waals surface area contributed by atoms with Crippen LogP contribution < -0.4 is 5.73 Å². The van der Waals surface area contributed by atoms with Crippen molar-refractivity contribution in [2.45, 2.75) is 90.3 Å². The topological polar surface area (TPSA) is 105 Å². The van der Waals surface area contributed by atoms with Crippen LogP contribution in [-0.2, 0) is 14.4 Å². The fourth-order valence-electron chi connectivity index (χ4n) is 3.58. The molecule has 0 aromatic carbocycles. The van der Waals surface area contributed by atoms with E-state index in [1.54, 1.807) is 12.3 Å². The fourth-order valence-corrected chi connectivity index (χ4v) is 5.79. The van der Waals surface area contributed by atoms with Gasteiger partial charge in [0.15, 0.2) is 22.4 Å². The van der Waals surface area contributed by atoms with Gasteiger partial charge in [0.25, 0.3) is 0 Å². The van der Waals surface area contributed by atoms with Crippen molar-refractivity contribution >= 4 is 39.1 Å². The number of carbonyl (C=O) groups is 1. The van der Waals surface area contributed by atoms with E-state index in [1.807, 2.05) is 6.20 Å². The third-order valence-electron chi connectivity index (χ3n) is 8.42. The summed E-state index contributed by atoms with van der Waals surface area (Å²) in [6.07, 6.45) is 8.13. The predicted octanol–water partition coefficient (Wildman–Crippen LogP) is 6.40. The third-order valence-corrected chi connectivity index (χ3v) is 17.4. The average molecular weight is 556 g/mol. The van der Waals surface area contributed by atoms with Crippen molar-refractivity contribution in [3.8, 4) is 0 Å². The normalized spacial score (nSPS) is 13.8. The number of carbonyl (C=O) groups excluding carboxylic acids is 1. The van der Waals surface area contributed by atoms with Crippen LogP contribution >= 0.6 is 0 Å². The molecule has 0 aliphatic heterocycles. The lowest BCUT2D eigenvalue weighted by Crippen LogP contribution is -2.51.